The van der Waals surface area contributed by atoms with Gasteiger partial charge in [-0.3, -0.25) is 4.79 Å². The molecule has 122 valence electrons. The largest absolute Gasteiger partial charge is 0.449 e. The summed E-state index contributed by atoms with van der Waals surface area (Å²) in [7, 11) is 0. The second-order valence-electron chi connectivity index (χ2n) is 5.70. The van der Waals surface area contributed by atoms with Crippen molar-refractivity contribution < 1.29 is 14.3 Å². The van der Waals surface area contributed by atoms with Gasteiger partial charge in [-0.1, -0.05) is 51.9 Å². The monoisotopic (exact) mass is 304 g/mol. The fraction of sp³-hybridized carbons (Fsp3) is 0.737. The molecule has 0 aromatic rings. The Morgan fingerprint density at radius 2 is 1.91 bits per heavy atom. The van der Waals surface area contributed by atoms with Crippen LogP contribution in [0.3, 0.4) is 0 Å². The Bertz CT molecular complexity index is 447. The fourth-order valence-electron chi connectivity index (χ4n) is 2.29. The first-order valence-electron chi connectivity index (χ1n) is 8.48. The lowest BCUT2D eigenvalue weighted by Gasteiger charge is -2.06. The molecule has 1 unspecified atom stereocenters. The maximum Gasteiger partial charge on any atom is 0.303 e. The van der Waals surface area contributed by atoms with Crippen molar-refractivity contribution in [3.8, 4) is 23.7 Å². The summed E-state index contributed by atoms with van der Waals surface area (Å²) < 4.78 is 10.6. The normalized spacial score (nSPS) is 20.1. The Balaban J connectivity index is 2.12. The second-order valence-corrected chi connectivity index (χ2v) is 5.70. The van der Waals surface area contributed by atoms with E-state index in [0.29, 0.717) is 18.6 Å². The van der Waals surface area contributed by atoms with Crippen molar-refractivity contribution >= 4 is 5.97 Å². The molecule has 1 aliphatic heterocycles. The van der Waals surface area contributed by atoms with Gasteiger partial charge in [0.2, 0.25) is 0 Å². The smallest absolute Gasteiger partial charge is 0.303 e. The topological polar surface area (TPSA) is 38.8 Å². The van der Waals surface area contributed by atoms with Crippen molar-refractivity contribution in [1.82, 2.24) is 0 Å². The van der Waals surface area contributed by atoms with Gasteiger partial charge in [-0.15, -0.1) is 0 Å². The maximum atomic E-state index is 10.8. The maximum absolute atomic E-state index is 10.8. The lowest BCUT2D eigenvalue weighted by atomic mass is 10.1. The van der Waals surface area contributed by atoms with Crippen molar-refractivity contribution in [1.29, 1.82) is 0 Å². The van der Waals surface area contributed by atoms with Crippen molar-refractivity contribution in [3.63, 3.8) is 0 Å². The van der Waals surface area contributed by atoms with Gasteiger partial charge in [0.25, 0.3) is 0 Å². The number of carbonyl (C=O) groups is 1. The van der Waals surface area contributed by atoms with E-state index in [1.165, 1.54) is 39.0 Å². The van der Waals surface area contributed by atoms with Crippen LogP contribution in [-0.2, 0) is 14.3 Å². The van der Waals surface area contributed by atoms with Gasteiger partial charge in [0.1, 0.15) is 0 Å². The van der Waals surface area contributed by atoms with Gasteiger partial charge < -0.3 is 9.47 Å². The van der Waals surface area contributed by atoms with Gasteiger partial charge in [0.15, 0.2) is 6.10 Å². The first-order valence-corrected chi connectivity index (χ1v) is 8.48. The summed E-state index contributed by atoms with van der Waals surface area (Å²) in [5.74, 6) is 11.2. The Hall–Kier alpha value is -1.45. The Labute approximate surface area is 135 Å². The highest BCUT2D eigenvalue weighted by Crippen LogP contribution is 2.29. The molecule has 0 aliphatic carbocycles. The van der Waals surface area contributed by atoms with Crippen LogP contribution in [0.15, 0.2) is 0 Å². The van der Waals surface area contributed by atoms with Crippen molar-refractivity contribution in [3.05, 3.63) is 0 Å². The van der Waals surface area contributed by atoms with Gasteiger partial charge in [0, 0.05) is 13.3 Å². The number of epoxide rings is 1. The van der Waals surface area contributed by atoms with Crippen molar-refractivity contribution in [2.24, 2.45) is 0 Å². The number of rotatable bonds is 9. The standard InChI is InChI=1S/C19H28O3/c1-4-6-7-8-11-14-18-19(22-18)15-12-9-10-13-17(5-2)21-16(3)20/h17-19H,4-8,11,14-15H2,1-3H3/t17?,18-,19+/m0/s1. The number of hydrogen-bond donors (Lipinski definition) is 0. The highest BCUT2D eigenvalue weighted by Gasteiger charge is 2.36. The number of esters is 1. The van der Waals surface area contributed by atoms with E-state index in [4.69, 9.17) is 9.47 Å². The minimum atomic E-state index is -0.347. The van der Waals surface area contributed by atoms with Gasteiger partial charge in [-0.05, 0) is 30.6 Å². The molecule has 0 radical (unpaired) electrons. The lowest BCUT2D eigenvalue weighted by molar-refractivity contribution is -0.143. The van der Waals surface area contributed by atoms with E-state index in [-0.39, 0.29) is 12.1 Å². The molecular formula is C19H28O3. The quantitative estimate of drug-likeness (QED) is 0.281. The molecule has 3 heteroatoms. The predicted octanol–water partition coefficient (Wildman–Crippen LogP) is 3.85. The van der Waals surface area contributed by atoms with Crippen LogP contribution in [0.2, 0.25) is 0 Å². The van der Waals surface area contributed by atoms with Crippen LogP contribution < -0.4 is 0 Å². The summed E-state index contributed by atoms with van der Waals surface area (Å²) in [4.78, 5) is 10.8. The fourth-order valence-corrected chi connectivity index (χ4v) is 2.29. The highest BCUT2D eigenvalue weighted by atomic mass is 16.6. The summed E-state index contributed by atoms with van der Waals surface area (Å²) in [5.41, 5.74) is 0. The summed E-state index contributed by atoms with van der Waals surface area (Å²) in [6, 6.07) is 0. The first-order chi connectivity index (χ1) is 10.7. The van der Waals surface area contributed by atoms with Crippen LogP contribution in [0.25, 0.3) is 0 Å². The van der Waals surface area contributed by atoms with Crippen LogP contribution in [0.5, 0.6) is 0 Å². The van der Waals surface area contributed by atoms with Crippen LogP contribution in [-0.4, -0.2) is 24.3 Å². The average Bonchev–Trinajstić information content (AvgIpc) is 3.23. The van der Waals surface area contributed by atoms with Gasteiger partial charge >= 0.3 is 5.97 Å². The van der Waals surface area contributed by atoms with Crippen molar-refractivity contribution in [2.45, 2.75) is 90.4 Å². The zero-order chi connectivity index (χ0) is 16.2. The van der Waals surface area contributed by atoms with Crippen LogP contribution in [0.4, 0.5) is 0 Å². The van der Waals surface area contributed by atoms with Crippen LogP contribution in [0.1, 0.15) is 72.1 Å². The van der Waals surface area contributed by atoms with Gasteiger partial charge in [-0.2, -0.15) is 0 Å². The van der Waals surface area contributed by atoms with E-state index in [1.807, 2.05) is 6.92 Å². The Morgan fingerprint density at radius 1 is 1.14 bits per heavy atom. The highest BCUT2D eigenvalue weighted by molar-refractivity contribution is 5.66. The molecule has 1 fully saturated rings. The molecule has 0 N–H and O–H groups in total. The second kappa shape index (κ2) is 11.2. The molecule has 0 aromatic heterocycles. The molecule has 1 saturated heterocycles. The SMILES string of the molecule is CCCCCCC[C@@H]1O[C@@H]1CC#CC#CC(CC)OC(C)=O. The lowest BCUT2D eigenvalue weighted by Crippen LogP contribution is -2.12. The molecule has 0 aromatic carbocycles. The summed E-state index contributed by atoms with van der Waals surface area (Å²) >= 11 is 0. The van der Waals surface area contributed by atoms with Crippen molar-refractivity contribution in [2.75, 3.05) is 0 Å². The third-order valence-electron chi connectivity index (χ3n) is 3.65. The molecule has 0 spiro atoms. The van der Waals surface area contributed by atoms with E-state index in [9.17, 15) is 4.79 Å². The molecule has 0 saturated carbocycles. The van der Waals surface area contributed by atoms with Crippen LogP contribution in [0, 0.1) is 23.7 Å². The molecule has 1 heterocycles. The molecule has 22 heavy (non-hydrogen) atoms. The molecular weight excluding hydrogens is 276 g/mol. The minimum absolute atomic E-state index is 0.302. The molecule has 3 nitrogen and oxygen atoms in total. The zero-order valence-corrected chi connectivity index (χ0v) is 14.1. The third kappa shape index (κ3) is 8.75. The summed E-state index contributed by atoms with van der Waals surface area (Å²) in [5, 5.41) is 0. The van der Waals surface area contributed by atoms with Gasteiger partial charge in [0.05, 0.1) is 12.2 Å². The minimum Gasteiger partial charge on any atom is -0.449 e. The summed E-state index contributed by atoms with van der Waals surface area (Å²) in [6.45, 7) is 5.55. The Morgan fingerprint density at radius 3 is 2.59 bits per heavy atom. The molecule has 0 bridgehead atoms. The zero-order valence-electron chi connectivity index (χ0n) is 14.1. The molecule has 0 amide bonds. The van der Waals surface area contributed by atoms with E-state index >= 15 is 0 Å². The predicted molar refractivity (Wildman–Crippen MR) is 88.1 cm³/mol. The van der Waals surface area contributed by atoms with E-state index < -0.39 is 0 Å². The number of unbranched alkanes of at least 4 members (excludes halogenated alkanes) is 4. The molecule has 3 atom stereocenters. The van der Waals surface area contributed by atoms with E-state index in [0.717, 1.165) is 12.8 Å². The van der Waals surface area contributed by atoms with E-state index in [1.54, 1.807) is 0 Å². The average molecular weight is 304 g/mol. The first kappa shape index (κ1) is 18.6. The number of ether oxygens (including phenoxy) is 2. The van der Waals surface area contributed by atoms with Gasteiger partial charge in [-0.25, -0.2) is 0 Å². The molecule has 1 rings (SSSR count). The van der Waals surface area contributed by atoms with E-state index in [2.05, 4.69) is 30.6 Å². The summed E-state index contributed by atoms with van der Waals surface area (Å²) in [6.07, 6.45) is 9.49. The molecule has 1 aliphatic rings. The Kier molecular flexibility index (Phi) is 9.44. The number of hydrogen-bond acceptors (Lipinski definition) is 3. The third-order valence-corrected chi connectivity index (χ3v) is 3.65. The van der Waals surface area contributed by atoms with Crippen LogP contribution >= 0.6 is 0 Å². The number of carbonyl (C=O) groups excluding carboxylic acids is 1.